The summed E-state index contributed by atoms with van der Waals surface area (Å²) in [7, 11) is -3.54. The number of hydrogen-bond acceptors (Lipinski definition) is 4. The third-order valence-corrected chi connectivity index (χ3v) is 5.34. The molecule has 0 unspecified atom stereocenters. The Hall–Kier alpha value is -0.960. The fraction of sp³-hybridized carbons (Fsp3) is 0.462. The van der Waals surface area contributed by atoms with Gasteiger partial charge in [0.1, 0.15) is 0 Å². The summed E-state index contributed by atoms with van der Waals surface area (Å²) in [6, 6.07) is 6.31. The Kier molecular flexibility index (Phi) is 5.74. The highest BCUT2D eigenvalue weighted by atomic mass is 79.9. The van der Waals surface area contributed by atoms with Crippen molar-refractivity contribution in [2.45, 2.75) is 11.3 Å². The molecule has 1 aliphatic rings. The first kappa shape index (κ1) is 16.4. The largest absolute Gasteiger partial charge is 0.379 e. The number of halogens is 1. The number of carbonyl (C=O) groups is 1. The Morgan fingerprint density at radius 1 is 1.33 bits per heavy atom. The standard InChI is InChI=1S/C13H17BrN2O4S/c14-5-4-13(17)15-11-2-1-3-12(10-11)21(18,19)16-6-8-20-9-7-16/h1-3,10H,4-9H2,(H,15,17). The summed E-state index contributed by atoms with van der Waals surface area (Å²) in [5.74, 6) is -0.159. The van der Waals surface area contributed by atoms with E-state index >= 15 is 0 Å². The molecule has 0 atom stereocenters. The van der Waals surface area contributed by atoms with Crippen LogP contribution in [0.4, 0.5) is 5.69 Å². The quantitative estimate of drug-likeness (QED) is 0.788. The minimum Gasteiger partial charge on any atom is -0.379 e. The number of sulfonamides is 1. The van der Waals surface area contributed by atoms with E-state index < -0.39 is 10.0 Å². The maximum Gasteiger partial charge on any atom is 0.243 e. The second-order valence-electron chi connectivity index (χ2n) is 4.53. The van der Waals surface area contributed by atoms with Crippen LogP contribution in [-0.4, -0.2) is 50.3 Å². The monoisotopic (exact) mass is 376 g/mol. The van der Waals surface area contributed by atoms with E-state index in [2.05, 4.69) is 21.2 Å². The molecule has 1 aromatic carbocycles. The van der Waals surface area contributed by atoms with E-state index in [-0.39, 0.29) is 10.8 Å². The van der Waals surface area contributed by atoms with Crippen molar-refractivity contribution in [1.29, 1.82) is 0 Å². The van der Waals surface area contributed by atoms with Gasteiger partial charge in [0.05, 0.1) is 18.1 Å². The second kappa shape index (κ2) is 7.35. The van der Waals surface area contributed by atoms with Crippen LogP contribution in [0, 0.1) is 0 Å². The van der Waals surface area contributed by atoms with Gasteiger partial charge in [-0.1, -0.05) is 22.0 Å². The number of nitrogens with one attached hydrogen (secondary N) is 1. The van der Waals surface area contributed by atoms with Gasteiger partial charge in [-0.25, -0.2) is 8.42 Å². The van der Waals surface area contributed by atoms with Gasteiger partial charge < -0.3 is 10.1 Å². The smallest absolute Gasteiger partial charge is 0.243 e. The summed E-state index contributed by atoms with van der Waals surface area (Å²) < 4.78 is 31.6. The van der Waals surface area contributed by atoms with Crippen LogP contribution in [-0.2, 0) is 19.6 Å². The number of alkyl halides is 1. The average molecular weight is 377 g/mol. The first-order valence-electron chi connectivity index (χ1n) is 6.58. The Balaban J connectivity index is 2.17. The maximum absolute atomic E-state index is 12.5. The van der Waals surface area contributed by atoms with Gasteiger partial charge in [0.15, 0.2) is 0 Å². The predicted octanol–water partition coefficient (Wildman–Crippen LogP) is 1.43. The maximum atomic E-state index is 12.5. The zero-order valence-corrected chi connectivity index (χ0v) is 13.8. The van der Waals surface area contributed by atoms with Crippen LogP contribution < -0.4 is 5.32 Å². The fourth-order valence-electron chi connectivity index (χ4n) is 1.98. The van der Waals surface area contributed by atoms with E-state index in [1.54, 1.807) is 12.1 Å². The molecule has 1 N–H and O–H groups in total. The van der Waals surface area contributed by atoms with Crippen LogP contribution in [0.1, 0.15) is 6.42 Å². The first-order valence-corrected chi connectivity index (χ1v) is 9.14. The number of nitrogens with zero attached hydrogens (tertiary/aromatic N) is 1. The highest BCUT2D eigenvalue weighted by molar-refractivity contribution is 9.09. The zero-order chi connectivity index (χ0) is 15.3. The molecule has 1 heterocycles. The van der Waals surface area contributed by atoms with E-state index in [0.29, 0.717) is 43.7 Å². The number of benzene rings is 1. The van der Waals surface area contributed by atoms with Crippen LogP contribution in [0.3, 0.4) is 0 Å². The van der Waals surface area contributed by atoms with E-state index in [0.717, 1.165) is 0 Å². The molecule has 0 saturated carbocycles. The lowest BCUT2D eigenvalue weighted by atomic mass is 10.3. The van der Waals surface area contributed by atoms with Crippen molar-refractivity contribution in [1.82, 2.24) is 4.31 Å². The molecule has 1 amide bonds. The molecule has 0 spiro atoms. The minimum atomic E-state index is -3.54. The first-order chi connectivity index (χ1) is 10.0. The molecule has 0 bridgehead atoms. The van der Waals surface area contributed by atoms with Gasteiger partial charge in [0, 0.05) is 30.5 Å². The second-order valence-corrected chi connectivity index (χ2v) is 7.26. The zero-order valence-electron chi connectivity index (χ0n) is 11.4. The van der Waals surface area contributed by atoms with Crippen molar-refractivity contribution < 1.29 is 17.9 Å². The fourth-order valence-corrected chi connectivity index (χ4v) is 3.79. The summed E-state index contributed by atoms with van der Waals surface area (Å²) in [4.78, 5) is 11.7. The van der Waals surface area contributed by atoms with E-state index in [9.17, 15) is 13.2 Å². The molecule has 21 heavy (non-hydrogen) atoms. The molecule has 1 aliphatic heterocycles. The Bertz CT molecular complexity index is 600. The summed E-state index contributed by atoms with van der Waals surface area (Å²) in [5.41, 5.74) is 0.482. The molecule has 8 heteroatoms. The molecule has 2 rings (SSSR count). The van der Waals surface area contributed by atoms with Gasteiger partial charge in [0.2, 0.25) is 15.9 Å². The lowest BCUT2D eigenvalue weighted by Crippen LogP contribution is -2.40. The molecule has 1 saturated heterocycles. The van der Waals surface area contributed by atoms with E-state index in [4.69, 9.17) is 4.74 Å². The third-order valence-electron chi connectivity index (χ3n) is 3.05. The third kappa shape index (κ3) is 4.26. The lowest BCUT2D eigenvalue weighted by molar-refractivity contribution is -0.115. The number of ether oxygens (including phenoxy) is 1. The van der Waals surface area contributed by atoms with Gasteiger partial charge in [0.25, 0.3) is 0 Å². The van der Waals surface area contributed by atoms with Crippen LogP contribution in [0.2, 0.25) is 0 Å². The van der Waals surface area contributed by atoms with Gasteiger partial charge >= 0.3 is 0 Å². The van der Waals surface area contributed by atoms with Gasteiger partial charge in [-0.2, -0.15) is 4.31 Å². The molecule has 116 valence electrons. The van der Waals surface area contributed by atoms with Crippen molar-refractivity contribution in [3.05, 3.63) is 24.3 Å². The molecule has 0 aromatic heterocycles. The molecule has 6 nitrogen and oxygen atoms in total. The van der Waals surface area contributed by atoms with Crippen LogP contribution in [0.25, 0.3) is 0 Å². The van der Waals surface area contributed by atoms with Crippen molar-refractivity contribution in [2.75, 3.05) is 37.0 Å². The van der Waals surface area contributed by atoms with Crippen molar-refractivity contribution in [3.63, 3.8) is 0 Å². The summed E-state index contributed by atoms with van der Waals surface area (Å²) >= 11 is 3.19. The van der Waals surface area contributed by atoms with Crippen LogP contribution in [0.5, 0.6) is 0 Å². The number of anilines is 1. The number of carbonyl (C=O) groups excluding carboxylic acids is 1. The highest BCUT2D eigenvalue weighted by Crippen LogP contribution is 2.20. The summed E-state index contributed by atoms with van der Waals surface area (Å²) in [6.07, 6.45) is 0.334. The molecule has 1 aromatic rings. The van der Waals surface area contributed by atoms with Crippen LogP contribution in [0.15, 0.2) is 29.2 Å². The number of amides is 1. The number of rotatable bonds is 5. The Labute approximate surface area is 132 Å². The molecule has 0 radical (unpaired) electrons. The lowest BCUT2D eigenvalue weighted by Gasteiger charge is -2.26. The van der Waals surface area contributed by atoms with E-state index in [1.807, 2.05) is 0 Å². The van der Waals surface area contributed by atoms with E-state index in [1.165, 1.54) is 16.4 Å². The van der Waals surface area contributed by atoms with Gasteiger partial charge in [-0.3, -0.25) is 4.79 Å². The SMILES string of the molecule is O=C(CCBr)Nc1cccc(S(=O)(=O)N2CCOCC2)c1. The van der Waals surface area contributed by atoms with Crippen LogP contribution >= 0.6 is 15.9 Å². The number of hydrogen-bond donors (Lipinski definition) is 1. The van der Waals surface area contributed by atoms with Crippen molar-refractivity contribution in [2.24, 2.45) is 0 Å². The Morgan fingerprint density at radius 3 is 2.71 bits per heavy atom. The Morgan fingerprint density at radius 2 is 2.05 bits per heavy atom. The highest BCUT2D eigenvalue weighted by Gasteiger charge is 2.26. The van der Waals surface area contributed by atoms with Crippen molar-refractivity contribution in [3.8, 4) is 0 Å². The molecule has 1 fully saturated rings. The summed E-state index contributed by atoms with van der Waals surface area (Å²) in [5, 5.41) is 3.24. The summed E-state index contributed by atoms with van der Waals surface area (Å²) in [6.45, 7) is 1.51. The minimum absolute atomic E-state index is 0.159. The molecule has 0 aliphatic carbocycles. The molecular weight excluding hydrogens is 360 g/mol. The predicted molar refractivity (Wildman–Crippen MR) is 83.1 cm³/mol. The van der Waals surface area contributed by atoms with Gasteiger partial charge in [-0.15, -0.1) is 0 Å². The topological polar surface area (TPSA) is 75.7 Å². The number of morpholine rings is 1. The molecular formula is C13H17BrN2O4S. The normalized spacial score (nSPS) is 16.6. The average Bonchev–Trinajstić information content (AvgIpc) is 2.48. The van der Waals surface area contributed by atoms with Crippen molar-refractivity contribution >= 4 is 37.5 Å². The van der Waals surface area contributed by atoms with Gasteiger partial charge in [-0.05, 0) is 18.2 Å².